The molecule has 0 radical (unpaired) electrons. The minimum Gasteiger partial charge on any atom is -0.469 e. The second-order valence-corrected chi connectivity index (χ2v) is 6.52. The number of hydrogen-bond donors (Lipinski definition) is 0. The van der Waals surface area contributed by atoms with Gasteiger partial charge in [0.05, 0.1) is 25.7 Å². The molecule has 3 unspecified atom stereocenters. The minimum absolute atomic E-state index is 0.102. The van der Waals surface area contributed by atoms with Gasteiger partial charge in [0.2, 0.25) is 0 Å². The number of rotatable bonds is 4. The van der Waals surface area contributed by atoms with Crippen LogP contribution >= 0.6 is 0 Å². The first-order valence-electron chi connectivity index (χ1n) is 8.37. The molecule has 0 N–H and O–H groups in total. The van der Waals surface area contributed by atoms with Crippen molar-refractivity contribution in [2.45, 2.75) is 25.2 Å². The van der Waals surface area contributed by atoms with Gasteiger partial charge in [0.25, 0.3) is 0 Å². The number of aryl methyl sites for hydroxylation is 1. The van der Waals surface area contributed by atoms with E-state index in [4.69, 9.17) is 9.47 Å². The van der Waals surface area contributed by atoms with E-state index >= 15 is 0 Å². The van der Waals surface area contributed by atoms with E-state index in [1.54, 1.807) is 12.1 Å². The maximum atomic E-state index is 12.4. The van der Waals surface area contributed by atoms with Gasteiger partial charge in [-0.3, -0.25) is 4.79 Å². The number of hydrogen-bond acceptors (Lipinski definition) is 4. The molecule has 0 bridgehead atoms. The fraction of sp³-hybridized carbons (Fsp3) is 0.333. The molecular formula is C21H22O4. The molecule has 1 aliphatic rings. The summed E-state index contributed by atoms with van der Waals surface area (Å²) in [4.78, 5) is 23.9. The zero-order valence-corrected chi connectivity index (χ0v) is 14.7. The Morgan fingerprint density at radius 3 is 1.84 bits per heavy atom. The molecule has 3 atom stereocenters. The second-order valence-electron chi connectivity index (χ2n) is 6.52. The summed E-state index contributed by atoms with van der Waals surface area (Å²) in [6, 6.07) is 15.6. The Hall–Kier alpha value is -2.62. The largest absolute Gasteiger partial charge is 0.469 e. The molecule has 4 nitrogen and oxygen atoms in total. The van der Waals surface area contributed by atoms with Gasteiger partial charge in [-0.05, 0) is 48.4 Å². The van der Waals surface area contributed by atoms with Crippen molar-refractivity contribution >= 4 is 11.9 Å². The van der Waals surface area contributed by atoms with Crippen LogP contribution in [0.2, 0.25) is 0 Å². The fourth-order valence-corrected chi connectivity index (χ4v) is 3.60. The van der Waals surface area contributed by atoms with Gasteiger partial charge in [-0.1, -0.05) is 42.0 Å². The molecule has 1 fully saturated rings. The van der Waals surface area contributed by atoms with Crippen LogP contribution in [0, 0.1) is 12.8 Å². The first-order chi connectivity index (χ1) is 12.0. The molecule has 130 valence electrons. The quantitative estimate of drug-likeness (QED) is 0.795. The first kappa shape index (κ1) is 17.2. The van der Waals surface area contributed by atoms with Crippen molar-refractivity contribution in [2.75, 3.05) is 14.2 Å². The van der Waals surface area contributed by atoms with E-state index in [9.17, 15) is 9.59 Å². The molecular weight excluding hydrogens is 316 g/mol. The summed E-state index contributed by atoms with van der Waals surface area (Å²) in [5.41, 5.74) is 3.93. The standard InChI is InChI=1S/C21H22O4/c1-13-4-6-14(7-5-13)17-12-18(19(17)21(23)25-3)15-8-10-16(11-9-15)20(22)24-2/h4-11,17-19H,12H2,1-3H3. The maximum absolute atomic E-state index is 12.4. The van der Waals surface area contributed by atoms with Crippen LogP contribution in [-0.2, 0) is 14.3 Å². The van der Waals surface area contributed by atoms with Crippen LogP contribution in [0.25, 0.3) is 0 Å². The number of benzene rings is 2. The van der Waals surface area contributed by atoms with Gasteiger partial charge >= 0.3 is 11.9 Å². The zero-order valence-electron chi connectivity index (χ0n) is 14.7. The Bertz CT molecular complexity index is 761. The van der Waals surface area contributed by atoms with Crippen LogP contribution in [0.4, 0.5) is 0 Å². The van der Waals surface area contributed by atoms with Crippen molar-refractivity contribution < 1.29 is 19.1 Å². The van der Waals surface area contributed by atoms with Gasteiger partial charge in [0.1, 0.15) is 0 Å². The van der Waals surface area contributed by atoms with Gasteiger partial charge in [0, 0.05) is 0 Å². The normalized spacial score (nSPS) is 22.0. The molecule has 25 heavy (non-hydrogen) atoms. The van der Waals surface area contributed by atoms with E-state index in [2.05, 4.69) is 24.3 Å². The number of carbonyl (C=O) groups excluding carboxylic acids is 2. The Morgan fingerprint density at radius 2 is 1.36 bits per heavy atom. The molecule has 4 heteroatoms. The topological polar surface area (TPSA) is 52.6 Å². The molecule has 0 amide bonds. The molecule has 1 aliphatic carbocycles. The summed E-state index contributed by atoms with van der Waals surface area (Å²) >= 11 is 0. The van der Waals surface area contributed by atoms with Gasteiger partial charge in [-0.2, -0.15) is 0 Å². The summed E-state index contributed by atoms with van der Waals surface area (Å²) in [5, 5.41) is 0. The minimum atomic E-state index is -0.359. The van der Waals surface area contributed by atoms with Gasteiger partial charge in [0.15, 0.2) is 0 Å². The third kappa shape index (κ3) is 3.29. The van der Waals surface area contributed by atoms with Crippen LogP contribution in [0.3, 0.4) is 0 Å². The lowest BCUT2D eigenvalue weighted by Gasteiger charge is -2.43. The maximum Gasteiger partial charge on any atom is 0.337 e. The van der Waals surface area contributed by atoms with E-state index in [0.29, 0.717) is 5.56 Å². The van der Waals surface area contributed by atoms with Crippen LogP contribution in [0.1, 0.15) is 45.3 Å². The number of carbonyl (C=O) groups is 2. The highest BCUT2D eigenvalue weighted by molar-refractivity contribution is 5.89. The smallest absolute Gasteiger partial charge is 0.337 e. The summed E-state index contributed by atoms with van der Waals surface area (Å²) in [5.74, 6) is -0.471. The van der Waals surface area contributed by atoms with Crippen molar-refractivity contribution in [3.05, 3.63) is 70.8 Å². The first-order valence-corrected chi connectivity index (χ1v) is 8.37. The highest BCUT2D eigenvalue weighted by Gasteiger charge is 2.47. The number of ether oxygens (including phenoxy) is 2. The van der Waals surface area contributed by atoms with E-state index in [-0.39, 0.29) is 29.7 Å². The molecule has 0 heterocycles. The SMILES string of the molecule is COC(=O)c1ccc(C2CC(c3ccc(C)cc3)C2C(=O)OC)cc1. The van der Waals surface area contributed by atoms with E-state index in [1.807, 2.05) is 19.1 Å². The predicted molar refractivity (Wildman–Crippen MR) is 94.6 cm³/mol. The molecule has 0 spiro atoms. The zero-order chi connectivity index (χ0) is 18.0. The average molecular weight is 338 g/mol. The summed E-state index contributed by atoms with van der Waals surface area (Å²) in [6.45, 7) is 2.05. The molecule has 0 saturated heterocycles. The Kier molecular flexibility index (Phi) is 4.88. The lowest BCUT2D eigenvalue weighted by Crippen LogP contribution is -2.39. The van der Waals surface area contributed by atoms with E-state index < -0.39 is 0 Å². The summed E-state index contributed by atoms with van der Waals surface area (Å²) in [6.07, 6.45) is 0.889. The van der Waals surface area contributed by atoms with Crippen molar-refractivity contribution in [3.63, 3.8) is 0 Å². The third-order valence-corrected chi connectivity index (χ3v) is 5.11. The number of esters is 2. The van der Waals surface area contributed by atoms with Gasteiger partial charge in [-0.25, -0.2) is 4.79 Å². The van der Waals surface area contributed by atoms with Crippen LogP contribution in [0.15, 0.2) is 48.5 Å². The monoisotopic (exact) mass is 338 g/mol. The van der Waals surface area contributed by atoms with Crippen LogP contribution in [-0.4, -0.2) is 26.2 Å². The van der Waals surface area contributed by atoms with Crippen molar-refractivity contribution in [1.29, 1.82) is 0 Å². The van der Waals surface area contributed by atoms with Crippen LogP contribution < -0.4 is 0 Å². The van der Waals surface area contributed by atoms with Gasteiger partial charge < -0.3 is 9.47 Å². The van der Waals surface area contributed by atoms with Gasteiger partial charge in [-0.15, -0.1) is 0 Å². The number of methoxy groups -OCH3 is 2. The van der Waals surface area contributed by atoms with E-state index in [1.165, 1.54) is 25.3 Å². The Balaban J connectivity index is 1.83. The molecule has 2 aromatic rings. The Labute approximate surface area is 147 Å². The Morgan fingerprint density at radius 1 is 0.840 bits per heavy atom. The van der Waals surface area contributed by atoms with Crippen molar-refractivity contribution in [1.82, 2.24) is 0 Å². The highest BCUT2D eigenvalue weighted by Crippen LogP contribution is 2.53. The third-order valence-electron chi connectivity index (χ3n) is 5.11. The second kappa shape index (κ2) is 7.09. The molecule has 1 saturated carbocycles. The molecule has 0 aromatic heterocycles. The van der Waals surface area contributed by atoms with Crippen LogP contribution in [0.5, 0.6) is 0 Å². The lowest BCUT2D eigenvalue weighted by molar-refractivity contribution is -0.150. The van der Waals surface area contributed by atoms with Crippen molar-refractivity contribution in [2.24, 2.45) is 5.92 Å². The van der Waals surface area contributed by atoms with Crippen molar-refractivity contribution in [3.8, 4) is 0 Å². The average Bonchev–Trinajstić information content (AvgIpc) is 2.62. The fourth-order valence-electron chi connectivity index (χ4n) is 3.60. The predicted octanol–water partition coefficient (Wildman–Crippen LogP) is 3.84. The summed E-state index contributed by atoms with van der Waals surface area (Å²) < 4.78 is 9.77. The lowest BCUT2D eigenvalue weighted by atomic mass is 9.60. The molecule has 3 rings (SSSR count). The summed E-state index contributed by atoms with van der Waals surface area (Å²) in [7, 11) is 2.80. The highest BCUT2D eigenvalue weighted by atomic mass is 16.5. The molecule has 2 aromatic carbocycles. The van der Waals surface area contributed by atoms with E-state index in [0.717, 1.165) is 12.0 Å². The molecule has 0 aliphatic heterocycles.